The topological polar surface area (TPSA) is 38.3 Å². The maximum absolute atomic E-state index is 12.7. The highest BCUT2D eigenvalue weighted by Crippen LogP contribution is 2.36. The number of benzene rings is 1. The molecule has 3 nitrogen and oxygen atoms in total. The molecule has 0 aliphatic rings. The number of ether oxygens (including phenoxy) is 1. The number of amides is 1. The molecular weight excluding hydrogens is 259 g/mol. The molecule has 0 saturated heterocycles. The molecule has 104 valence electrons. The fourth-order valence-electron chi connectivity index (χ4n) is 1.45. The Kier molecular flexibility index (Phi) is 4.97. The molecule has 0 aliphatic carbocycles. The summed E-state index contributed by atoms with van der Waals surface area (Å²) < 4.78 is 42.9. The van der Waals surface area contributed by atoms with Gasteiger partial charge in [-0.3, -0.25) is 4.79 Å². The van der Waals surface area contributed by atoms with Crippen LogP contribution in [0.1, 0.15) is 18.1 Å². The summed E-state index contributed by atoms with van der Waals surface area (Å²) in [5.41, 5.74) is -0.435. The quantitative estimate of drug-likeness (QED) is 0.916. The predicted molar refractivity (Wildman–Crippen MR) is 65.7 cm³/mol. The lowest BCUT2D eigenvalue weighted by Gasteiger charge is -2.12. The molecule has 1 amide bonds. The Labute approximate surface area is 109 Å². The fraction of sp³-hybridized carbons (Fsp3) is 0.308. The molecular formula is C13H14F3NO2. The summed E-state index contributed by atoms with van der Waals surface area (Å²) in [4.78, 5) is 10.6. The first-order valence-electron chi connectivity index (χ1n) is 5.51. The van der Waals surface area contributed by atoms with Gasteiger partial charge in [0.25, 0.3) is 0 Å². The highest BCUT2D eigenvalue weighted by Gasteiger charge is 2.34. The van der Waals surface area contributed by atoms with Gasteiger partial charge in [0.05, 0.1) is 12.7 Å². The van der Waals surface area contributed by atoms with Crippen molar-refractivity contribution in [2.24, 2.45) is 0 Å². The van der Waals surface area contributed by atoms with Gasteiger partial charge in [0.15, 0.2) is 0 Å². The number of carbonyl (C=O) groups is 1. The van der Waals surface area contributed by atoms with E-state index in [1.807, 2.05) is 0 Å². The van der Waals surface area contributed by atoms with Gasteiger partial charge in [0.2, 0.25) is 5.91 Å². The molecule has 6 heteroatoms. The number of hydrogen-bond acceptors (Lipinski definition) is 2. The molecule has 0 aliphatic heterocycles. The molecule has 1 N–H and O–H groups in total. The lowest BCUT2D eigenvalue weighted by Crippen LogP contribution is -2.19. The summed E-state index contributed by atoms with van der Waals surface area (Å²) in [6.45, 7) is 1.63. The van der Waals surface area contributed by atoms with Crippen LogP contribution in [-0.2, 0) is 11.0 Å². The number of alkyl halides is 3. The van der Waals surface area contributed by atoms with E-state index in [0.29, 0.717) is 5.56 Å². The van der Waals surface area contributed by atoms with Crippen molar-refractivity contribution < 1.29 is 22.7 Å². The predicted octanol–water partition coefficient (Wildman–Crippen LogP) is 2.86. The normalized spacial score (nSPS) is 11.6. The third-order valence-electron chi connectivity index (χ3n) is 2.31. The van der Waals surface area contributed by atoms with Crippen LogP contribution in [0.5, 0.6) is 5.75 Å². The van der Waals surface area contributed by atoms with Crippen LogP contribution in [0, 0.1) is 0 Å². The molecule has 0 unspecified atom stereocenters. The Balaban J connectivity index is 2.90. The van der Waals surface area contributed by atoms with Gasteiger partial charge in [-0.2, -0.15) is 13.2 Å². The summed E-state index contributed by atoms with van der Waals surface area (Å²) in [6, 6.07) is 3.78. The van der Waals surface area contributed by atoms with Crippen molar-refractivity contribution in [2.75, 3.05) is 13.7 Å². The van der Waals surface area contributed by atoms with Crippen molar-refractivity contribution in [3.63, 3.8) is 0 Å². The number of halogens is 3. The maximum Gasteiger partial charge on any atom is 0.419 e. The van der Waals surface area contributed by atoms with Gasteiger partial charge < -0.3 is 10.1 Å². The Morgan fingerprint density at radius 3 is 2.63 bits per heavy atom. The summed E-state index contributed by atoms with van der Waals surface area (Å²) in [6.07, 6.45) is -1.39. The minimum atomic E-state index is -4.47. The van der Waals surface area contributed by atoms with Gasteiger partial charge in [-0.1, -0.05) is 18.2 Å². The van der Waals surface area contributed by atoms with E-state index < -0.39 is 11.7 Å². The lowest BCUT2D eigenvalue weighted by atomic mass is 10.1. The van der Waals surface area contributed by atoms with E-state index in [-0.39, 0.29) is 18.2 Å². The molecule has 0 radical (unpaired) electrons. The highest BCUT2D eigenvalue weighted by molar-refractivity contribution is 5.73. The zero-order chi connectivity index (χ0) is 14.5. The maximum atomic E-state index is 12.7. The van der Waals surface area contributed by atoms with Crippen molar-refractivity contribution >= 4 is 12.0 Å². The van der Waals surface area contributed by atoms with Gasteiger partial charge in [0, 0.05) is 13.5 Å². The molecule has 0 saturated carbocycles. The van der Waals surface area contributed by atoms with E-state index in [1.54, 1.807) is 6.08 Å². The molecule has 19 heavy (non-hydrogen) atoms. The van der Waals surface area contributed by atoms with Gasteiger partial charge in [0.1, 0.15) is 5.75 Å². The van der Waals surface area contributed by atoms with Crippen molar-refractivity contribution in [3.05, 3.63) is 35.4 Å². The Morgan fingerprint density at radius 2 is 2.11 bits per heavy atom. The van der Waals surface area contributed by atoms with E-state index in [2.05, 4.69) is 10.1 Å². The van der Waals surface area contributed by atoms with Crippen LogP contribution in [0.3, 0.4) is 0 Å². The van der Waals surface area contributed by atoms with Crippen molar-refractivity contribution in [3.8, 4) is 5.75 Å². The van der Waals surface area contributed by atoms with Crippen LogP contribution < -0.4 is 10.1 Å². The summed E-state index contributed by atoms with van der Waals surface area (Å²) in [7, 11) is 1.19. The Bertz CT molecular complexity index is 481. The van der Waals surface area contributed by atoms with Crippen LogP contribution in [-0.4, -0.2) is 19.6 Å². The average Bonchev–Trinajstić information content (AvgIpc) is 2.33. The van der Waals surface area contributed by atoms with Crippen LogP contribution in [0.15, 0.2) is 24.3 Å². The summed E-state index contributed by atoms with van der Waals surface area (Å²) in [5.74, 6) is -0.415. The van der Waals surface area contributed by atoms with Gasteiger partial charge >= 0.3 is 6.18 Å². The smallest absolute Gasteiger partial charge is 0.419 e. The van der Waals surface area contributed by atoms with E-state index in [1.165, 1.54) is 32.2 Å². The minimum Gasteiger partial charge on any atom is -0.496 e. The van der Waals surface area contributed by atoms with Gasteiger partial charge in [-0.05, 0) is 17.7 Å². The first-order valence-corrected chi connectivity index (χ1v) is 5.51. The number of rotatable bonds is 4. The second-order valence-electron chi connectivity index (χ2n) is 3.80. The molecule has 0 spiro atoms. The Hall–Kier alpha value is -1.98. The standard InChI is InChI=1S/C13H14F3NO2/c1-9(18)17-7-3-4-10-5-6-12(19-2)11(8-10)13(14,15)16/h3-6,8H,7H2,1-2H3,(H,17,18). The molecule has 0 fully saturated rings. The van der Waals surface area contributed by atoms with Gasteiger partial charge in [-0.15, -0.1) is 0 Å². The van der Waals surface area contributed by atoms with E-state index in [4.69, 9.17) is 0 Å². The highest BCUT2D eigenvalue weighted by atomic mass is 19.4. The lowest BCUT2D eigenvalue weighted by molar-refractivity contribution is -0.138. The van der Waals surface area contributed by atoms with Crippen LogP contribution in [0.25, 0.3) is 6.08 Å². The van der Waals surface area contributed by atoms with Crippen LogP contribution in [0.2, 0.25) is 0 Å². The van der Waals surface area contributed by atoms with E-state index in [0.717, 1.165) is 6.07 Å². The fourth-order valence-corrected chi connectivity index (χ4v) is 1.45. The monoisotopic (exact) mass is 273 g/mol. The molecule has 0 bridgehead atoms. The molecule has 1 aromatic rings. The van der Waals surface area contributed by atoms with E-state index >= 15 is 0 Å². The zero-order valence-electron chi connectivity index (χ0n) is 10.5. The average molecular weight is 273 g/mol. The molecule has 1 rings (SSSR count). The third-order valence-corrected chi connectivity index (χ3v) is 2.31. The second-order valence-corrected chi connectivity index (χ2v) is 3.80. The van der Waals surface area contributed by atoms with Crippen LogP contribution >= 0.6 is 0 Å². The molecule has 1 aromatic carbocycles. The SMILES string of the molecule is COc1ccc(C=CCNC(C)=O)cc1C(F)(F)F. The zero-order valence-corrected chi connectivity index (χ0v) is 10.5. The molecule has 0 atom stereocenters. The third kappa shape index (κ3) is 4.65. The van der Waals surface area contributed by atoms with Crippen molar-refractivity contribution in [1.29, 1.82) is 0 Å². The van der Waals surface area contributed by atoms with E-state index in [9.17, 15) is 18.0 Å². The number of methoxy groups -OCH3 is 1. The second kappa shape index (κ2) is 6.26. The number of hydrogen-bond donors (Lipinski definition) is 1. The Morgan fingerprint density at radius 1 is 1.42 bits per heavy atom. The molecule has 0 aromatic heterocycles. The first kappa shape index (κ1) is 15.1. The van der Waals surface area contributed by atoms with Crippen LogP contribution in [0.4, 0.5) is 13.2 Å². The van der Waals surface area contributed by atoms with Crippen molar-refractivity contribution in [2.45, 2.75) is 13.1 Å². The first-order chi connectivity index (χ1) is 8.84. The van der Waals surface area contributed by atoms with Crippen molar-refractivity contribution in [1.82, 2.24) is 5.32 Å². The van der Waals surface area contributed by atoms with Gasteiger partial charge in [-0.25, -0.2) is 0 Å². The number of nitrogens with one attached hydrogen (secondary N) is 1. The minimum absolute atomic E-state index is 0.199. The molecule has 0 heterocycles. The summed E-state index contributed by atoms with van der Waals surface area (Å²) >= 11 is 0. The number of carbonyl (C=O) groups excluding carboxylic acids is 1. The summed E-state index contributed by atoms with van der Waals surface area (Å²) in [5, 5.41) is 2.51. The largest absolute Gasteiger partial charge is 0.496 e.